The normalized spacial score (nSPS) is 22.2. The van der Waals surface area contributed by atoms with Gasteiger partial charge in [-0.3, -0.25) is 4.79 Å². The molecule has 1 fully saturated rings. The molecule has 16 heavy (non-hydrogen) atoms. The minimum absolute atomic E-state index is 0.0304. The summed E-state index contributed by atoms with van der Waals surface area (Å²) in [6, 6.07) is -0.239. The van der Waals surface area contributed by atoms with Crippen molar-refractivity contribution < 1.29 is 9.90 Å². The standard InChI is InChI=1S/C12H24N2O2/c1-10(11(15)13-2)14-9-12(16)7-5-3-4-6-8-12/h10,14,16H,3-9H2,1-2H3,(H,13,15). The Bertz CT molecular complexity index is 223. The number of carbonyl (C=O) groups excluding carboxylic acids is 1. The van der Waals surface area contributed by atoms with E-state index in [1.165, 1.54) is 12.8 Å². The fourth-order valence-corrected chi connectivity index (χ4v) is 2.22. The van der Waals surface area contributed by atoms with Crippen molar-refractivity contribution in [2.24, 2.45) is 0 Å². The maximum Gasteiger partial charge on any atom is 0.236 e. The third-order valence-electron chi connectivity index (χ3n) is 3.41. The monoisotopic (exact) mass is 228 g/mol. The Labute approximate surface area is 97.8 Å². The summed E-state index contributed by atoms with van der Waals surface area (Å²) < 4.78 is 0. The lowest BCUT2D eigenvalue weighted by molar-refractivity contribution is -0.122. The molecule has 0 aliphatic heterocycles. The van der Waals surface area contributed by atoms with Crippen LogP contribution in [0.3, 0.4) is 0 Å². The van der Waals surface area contributed by atoms with E-state index in [2.05, 4.69) is 10.6 Å². The number of likely N-dealkylation sites (N-methyl/N-ethyl adjacent to an activating group) is 1. The van der Waals surface area contributed by atoms with Crippen LogP contribution < -0.4 is 10.6 Å². The molecule has 1 saturated carbocycles. The maximum absolute atomic E-state index is 11.3. The van der Waals surface area contributed by atoms with Crippen LogP contribution in [0.15, 0.2) is 0 Å². The van der Waals surface area contributed by atoms with Crippen molar-refractivity contribution in [1.82, 2.24) is 10.6 Å². The van der Waals surface area contributed by atoms with Gasteiger partial charge in [0.05, 0.1) is 11.6 Å². The molecule has 1 aliphatic carbocycles. The van der Waals surface area contributed by atoms with Gasteiger partial charge in [-0.1, -0.05) is 25.7 Å². The number of nitrogens with one attached hydrogen (secondary N) is 2. The van der Waals surface area contributed by atoms with Crippen molar-refractivity contribution in [3.8, 4) is 0 Å². The van der Waals surface area contributed by atoms with Crippen molar-refractivity contribution in [2.75, 3.05) is 13.6 Å². The molecule has 0 aromatic heterocycles. The van der Waals surface area contributed by atoms with Gasteiger partial charge in [-0.15, -0.1) is 0 Å². The average Bonchev–Trinajstić information content (AvgIpc) is 2.50. The number of hydrogen-bond donors (Lipinski definition) is 3. The fourth-order valence-electron chi connectivity index (χ4n) is 2.22. The molecule has 0 radical (unpaired) electrons. The molecule has 1 amide bonds. The molecule has 1 unspecified atom stereocenters. The number of aliphatic hydroxyl groups is 1. The molecule has 0 aromatic carbocycles. The molecule has 0 aromatic rings. The molecule has 0 bridgehead atoms. The lowest BCUT2D eigenvalue weighted by atomic mass is 9.94. The van der Waals surface area contributed by atoms with Gasteiger partial charge in [0.25, 0.3) is 0 Å². The first-order chi connectivity index (χ1) is 7.57. The highest BCUT2D eigenvalue weighted by atomic mass is 16.3. The summed E-state index contributed by atoms with van der Waals surface area (Å²) in [7, 11) is 1.63. The van der Waals surface area contributed by atoms with E-state index in [1.54, 1.807) is 7.05 Å². The van der Waals surface area contributed by atoms with Crippen molar-refractivity contribution in [2.45, 2.75) is 57.1 Å². The first-order valence-electron chi connectivity index (χ1n) is 6.25. The summed E-state index contributed by atoms with van der Waals surface area (Å²) in [6.07, 6.45) is 6.31. The number of amides is 1. The lowest BCUT2D eigenvalue weighted by Gasteiger charge is -2.28. The smallest absolute Gasteiger partial charge is 0.236 e. The van der Waals surface area contributed by atoms with Gasteiger partial charge < -0.3 is 15.7 Å². The Kier molecular flexibility index (Phi) is 5.22. The van der Waals surface area contributed by atoms with Gasteiger partial charge in [-0.2, -0.15) is 0 Å². The number of hydrogen-bond acceptors (Lipinski definition) is 3. The van der Waals surface area contributed by atoms with Crippen LogP contribution in [-0.2, 0) is 4.79 Å². The van der Waals surface area contributed by atoms with Crippen LogP contribution in [0, 0.1) is 0 Å². The average molecular weight is 228 g/mol. The molecule has 4 nitrogen and oxygen atoms in total. The molecular weight excluding hydrogens is 204 g/mol. The largest absolute Gasteiger partial charge is 0.389 e. The molecule has 4 heteroatoms. The number of carbonyl (C=O) groups is 1. The summed E-state index contributed by atoms with van der Waals surface area (Å²) in [6.45, 7) is 2.33. The van der Waals surface area contributed by atoms with E-state index in [0.717, 1.165) is 25.7 Å². The van der Waals surface area contributed by atoms with Gasteiger partial charge in [0.2, 0.25) is 5.91 Å². The molecule has 1 atom stereocenters. The van der Waals surface area contributed by atoms with Gasteiger partial charge in [0, 0.05) is 13.6 Å². The van der Waals surface area contributed by atoms with Crippen LogP contribution >= 0.6 is 0 Å². The van der Waals surface area contributed by atoms with Crippen LogP contribution in [0.4, 0.5) is 0 Å². The second-order valence-electron chi connectivity index (χ2n) is 4.86. The SMILES string of the molecule is CNC(=O)C(C)NCC1(O)CCCCCC1. The van der Waals surface area contributed by atoms with Crippen LogP contribution in [0.1, 0.15) is 45.4 Å². The maximum atomic E-state index is 11.3. The molecule has 3 N–H and O–H groups in total. The van der Waals surface area contributed by atoms with Crippen molar-refractivity contribution >= 4 is 5.91 Å². The van der Waals surface area contributed by atoms with Crippen LogP contribution in [0.2, 0.25) is 0 Å². The lowest BCUT2D eigenvalue weighted by Crippen LogP contribution is -2.48. The van der Waals surface area contributed by atoms with E-state index in [4.69, 9.17) is 0 Å². The van der Waals surface area contributed by atoms with Crippen LogP contribution in [-0.4, -0.2) is 36.2 Å². The Morgan fingerprint density at radius 1 is 1.31 bits per heavy atom. The van der Waals surface area contributed by atoms with Crippen molar-refractivity contribution in [3.05, 3.63) is 0 Å². The van der Waals surface area contributed by atoms with Crippen LogP contribution in [0.25, 0.3) is 0 Å². The van der Waals surface area contributed by atoms with Gasteiger partial charge in [0.15, 0.2) is 0 Å². The van der Waals surface area contributed by atoms with Gasteiger partial charge in [0.1, 0.15) is 0 Å². The third kappa shape index (κ3) is 4.10. The molecule has 0 spiro atoms. The molecule has 0 heterocycles. The van der Waals surface area contributed by atoms with Gasteiger partial charge in [-0.05, 0) is 19.8 Å². The first kappa shape index (κ1) is 13.5. The van der Waals surface area contributed by atoms with E-state index in [1.807, 2.05) is 6.92 Å². The van der Waals surface area contributed by atoms with Gasteiger partial charge >= 0.3 is 0 Å². The fraction of sp³-hybridized carbons (Fsp3) is 0.917. The molecule has 0 saturated heterocycles. The van der Waals surface area contributed by atoms with E-state index in [9.17, 15) is 9.90 Å². The Morgan fingerprint density at radius 3 is 2.38 bits per heavy atom. The van der Waals surface area contributed by atoms with E-state index in [-0.39, 0.29) is 11.9 Å². The number of rotatable bonds is 4. The van der Waals surface area contributed by atoms with Crippen molar-refractivity contribution in [3.63, 3.8) is 0 Å². The molecular formula is C12H24N2O2. The quantitative estimate of drug-likeness (QED) is 0.624. The predicted octanol–water partition coefficient (Wildman–Crippen LogP) is 0.796. The highest BCUT2D eigenvalue weighted by molar-refractivity contribution is 5.80. The minimum atomic E-state index is -0.612. The topological polar surface area (TPSA) is 61.4 Å². The second kappa shape index (κ2) is 6.21. The minimum Gasteiger partial charge on any atom is -0.389 e. The zero-order valence-electron chi connectivity index (χ0n) is 10.4. The first-order valence-corrected chi connectivity index (χ1v) is 6.25. The Balaban J connectivity index is 2.36. The summed E-state index contributed by atoms with van der Waals surface area (Å²) >= 11 is 0. The van der Waals surface area contributed by atoms with E-state index in [0.29, 0.717) is 6.54 Å². The van der Waals surface area contributed by atoms with E-state index >= 15 is 0 Å². The highest BCUT2D eigenvalue weighted by Crippen LogP contribution is 2.26. The summed E-state index contributed by atoms with van der Waals surface area (Å²) in [5, 5.41) is 16.1. The zero-order chi connectivity index (χ0) is 12.0. The Morgan fingerprint density at radius 2 is 1.88 bits per heavy atom. The second-order valence-corrected chi connectivity index (χ2v) is 4.86. The third-order valence-corrected chi connectivity index (χ3v) is 3.41. The van der Waals surface area contributed by atoms with Crippen molar-refractivity contribution in [1.29, 1.82) is 0 Å². The highest BCUT2D eigenvalue weighted by Gasteiger charge is 2.28. The van der Waals surface area contributed by atoms with Crippen LogP contribution in [0.5, 0.6) is 0 Å². The molecule has 94 valence electrons. The summed E-state index contributed by atoms with van der Waals surface area (Å²) in [4.78, 5) is 11.3. The van der Waals surface area contributed by atoms with E-state index < -0.39 is 5.60 Å². The molecule has 1 rings (SSSR count). The predicted molar refractivity (Wildman–Crippen MR) is 64.2 cm³/mol. The Hall–Kier alpha value is -0.610. The zero-order valence-corrected chi connectivity index (χ0v) is 10.4. The molecule has 1 aliphatic rings. The summed E-state index contributed by atoms with van der Waals surface area (Å²) in [5.41, 5.74) is -0.612. The van der Waals surface area contributed by atoms with Gasteiger partial charge in [-0.25, -0.2) is 0 Å². The summed E-state index contributed by atoms with van der Waals surface area (Å²) in [5.74, 6) is -0.0304.